The van der Waals surface area contributed by atoms with Crippen molar-refractivity contribution in [3.8, 4) is 0 Å². The summed E-state index contributed by atoms with van der Waals surface area (Å²) in [7, 11) is 0. The third-order valence-electron chi connectivity index (χ3n) is 4.36. The van der Waals surface area contributed by atoms with Gasteiger partial charge >= 0.3 is 5.97 Å². The zero-order valence-electron chi connectivity index (χ0n) is 16.2. The summed E-state index contributed by atoms with van der Waals surface area (Å²) >= 11 is 0. The molecular weight excluding hydrogens is 360 g/mol. The highest BCUT2D eigenvalue weighted by molar-refractivity contribution is 5.92. The standard InChI is InChI=1S/C21H24N2O5/c1-4-15-8-10-16(11-9-15)20(14(2)3)22-19(24)13-28-21(25)17-6-5-7-18(12-17)23(26)27/h5-12,14,20H,4,13H2,1-3H3,(H,22,24)/t20-/m0/s1. The fourth-order valence-corrected chi connectivity index (χ4v) is 2.77. The Balaban J connectivity index is 1.98. The molecule has 0 aliphatic rings. The van der Waals surface area contributed by atoms with Crippen molar-refractivity contribution in [3.63, 3.8) is 0 Å². The molecule has 0 unspecified atom stereocenters. The maximum absolute atomic E-state index is 12.3. The number of nitro benzene ring substituents is 1. The van der Waals surface area contributed by atoms with Gasteiger partial charge in [-0.3, -0.25) is 14.9 Å². The third-order valence-corrected chi connectivity index (χ3v) is 4.36. The molecule has 1 N–H and O–H groups in total. The summed E-state index contributed by atoms with van der Waals surface area (Å²) in [4.78, 5) is 34.5. The lowest BCUT2D eigenvalue weighted by Crippen LogP contribution is -2.35. The molecule has 2 aromatic carbocycles. The zero-order chi connectivity index (χ0) is 20.7. The lowest BCUT2D eigenvalue weighted by atomic mass is 9.95. The van der Waals surface area contributed by atoms with Gasteiger partial charge < -0.3 is 10.1 Å². The Morgan fingerprint density at radius 1 is 1.14 bits per heavy atom. The van der Waals surface area contributed by atoms with Gasteiger partial charge in [0, 0.05) is 12.1 Å². The molecule has 0 spiro atoms. The van der Waals surface area contributed by atoms with E-state index in [0.717, 1.165) is 18.1 Å². The second kappa shape index (κ2) is 9.64. The fraction of sp³-hybridized carbons (Fsp3) is 0.333. The van der Waals surface area contributed by atoms with Crippen LogP contribution < -0.4 is 5.32 Å². The first kappa shape index (κ1) is 21.1. The first-order valence-electron chi connectivity index (χ1n) is 9.11. The van der Waals surface area contributed by atoms with Crippen LogP contribution in [0.1, 0.15) is 48.3 Å². The minimum absolute atomic E-state index is 0.0255. The summed E-state index contributed by atoms with van der Waals surface area (Å²) in [5, 5.41) is 13.7. The number of nitro groups is 1. The molecular formula is C21H24N2O5. The number of hydrogen-bond acceptors (Lipinski definition) is 5. The Morgan fingerprint density at radius 3 is 2.39 bits per heavy atom. The van der Waals surface area contributed by atoms with Gasteiger partial charge in [0.1, 0.15) is 0 Å². The molecule has 28 heavy (non-hydrogen) atoms. The molecule has 0 saturated carbocycles. The molecule has 0 heterocycles. The molecule has 7 nitrogen and oxygen atoms in total. The summed E-state index contributed by atoms with van der Waals surface area (Å²) in [5.74, 6) is -1.08. The van der Waals surface area contributed by atoms with Crippen LogP contribution in [0.3, 0.4) is 0 Å². The number of carbonyl (C=O) groups excluding carboxylic acids is 2. The average molecular weight is 384 g/mol. The summed E-state index contributed by atoms with van der Waals surface area (Å²) in [6.45, 7) is 5.60. The molecule has 0 bridgehead atoms. The molecule has 1 amide bonds. The van der Waals surface area contributed by atoms with Gasteiger partial charge in [0.25, 0.3) is 11.6 Å². The van der Waals surface area contributed by atoms with Crippen molar-refractivity contribution < 1.29 is 19.2 Å². The highest BCUT2D eigenvalue weighted by atomic mass is 16.6. The van der Waals surface area contributed by atoms with Crippen molar-refractivity contribution in [2.24, 2.45) is 5.92 Å². The van der Waals surface area contributed by atoms with Gasteiger partial charge in [-0.2, -0.15) is 0 Å². The minimum atomic E-state index is -0.785. The zero-order valence-corrected chi connectivity index (χ0v) is 16.2. The van der Waals surface area contributed by atoms with E-state index in [1.54, 1.807) is 0 Å². The number of hydrogen-bond donors (Lipinski definition) is 1. The molecule has 2 aromatic rings. The van der Waals surface area contributed by atoms with E-state index in [2.05, 4.69) is 12.2 Å². The van der Waals surface area contributed by atoms with Gasteiger partial charge in [-0.15, -0.1) is 0 Å². The summed E-state index contributed by atoms with van der Waals surface area (Å²) in [6, 6.07) is 13.0. The minimum Gasteiger partial charge on any atom is -0.452 e. The van der Waals surface area contributed by atoms with E-state index in [-0.39, 0.29) is 23.2 Å². The fourth-order valence-electron chi connectivity index (χ4n) is 2.77. The second-order valence-electron chi connectivity index (χ2n) is 6.77. The average Bonchev–Trinajstić information content (AvgIpc) is 2.70. The second-order valence-corrected chi connectivity index (χ2v) is 6.77. The number of nitrogens with zero attached hydrogens (tertiary/aromatic N) is 1. The number of benzene rings is 2. The first-order valence-corrected chi connectivity index (χ1v) is 9.11. The van der Waals surface area contributed by atoms with Crippen molar-refractivity contribution >= 4 is 17.6 Å². The number of ether oxygens (including phenoxy) is 1. The van der Waals surface area contributed by atoms with Crippen LogP contribution in [0.15, 0.2) is 48.5 Å². The van der Waals surface area contributed by atoms with E-state index in [0.29, 0.717) is 0 Å². The Bertz CT molecular complexity index is 846. The normalized spacial score (nSPS) is 11.7. The number of carbonyl (C=O) groups is 2. The molecule has 0 aliphatic heterocycles. The SMILES string of the molecule is CCc1ccc([C@@H](NC(=O)COC(=O)c2cccc([N+](=O)[O-])c2)C(C)C)cc1. The van der Waals surface area contributed by atoms with E-state index in [4.69, 9.17) is 4.74 Å². The van der Waals surface area contributed by atoms with E-state index < -0.39 is 23.4 Å². The highest BCUT2D eigenvalue weighted by Gasteiger charge is 2.20. The topological polar surface area (TPSA) is 98.5 Å². The number of non-ortho nitro benzene ring substituents is 1. The van der Waals surface area contributed by atoms with E-state index >= 15 is 0 Å². The summed E-state index contributed by atoms with van der Waals surface area (Å²) < 4.78 is 5.00. The maximum Gasteiger partial charge on any atom is 0.338 e. The van der Waals surface area contributed by atoms with Gasteiger partial charge in [-0.1, -0.05) is 51.1 Å². The highest BCUT2D eigenvalue weighted by Crippen LogP contribution is 2.22. The molecule has 0 saturated heterocycles. The molecule has 0 fully saturated rings. The predicted octanol–water partition coefficient (Wildman–Crippen LogP) is 3.83. The molecule has 148 valence electrons. The smallest absolute Gasteiger partial charge is 0.338 e. The lowest BCUT2D eigenvalue weighted by molar-refractivity contribution is -0.384. The molecule has 7 heteroatoms. The summed E-state index contributed by atoms with van der Waals surface area (Å²) in [6.07, 6.45) is 0.937. The van der Waals surface area contributed by atoms with Crippen LogP contribution in [-0.4, -0.2) is 23.4 Å². The Kier molecular flexibility index (Phi) is 7.26. The molecule has 1 atom stereocenters. The van der Waals surface area contributed by atoms with Crippen molar-refractivity contribution in [3.05, 3.63) is 75.3 Å². The van der Waals surface area contributed by atoms with Gasteiger partial charge in [-0.25, -0.2) is 4.79 Å². The van der Waals surface area contributed by atoms with Crippen LogP contribution >= 0.6 is 0 Å². The van der Waals surface area contributed by atoms with Gasteiger partial charge in [0.2, 0.25) is 0 Å². The van der Waals surface area contributed by atoms with E-state index in [1.807, 2.05) is 38.1 Å². The van der Waals surface area contributed by atoms with Crippen molar-refractivity contribution in [1.29, 1.82) is 0 Å². The van der Waals surface area contributed by atoms with Gasteiger partial charge in [0.05, 0.1) is 16.5 Å². The largest absolute Gasteiger partial charge is 0.452 e. The van der Waals surface area contributed by atoms with Crippen LogP contribution in [-0.2, 0) is 16.0 Å². The number of aryl methyl sites for hydroxylation is 1. The quantitative estimate of drug-likeness (QED) is 0.424. The Hall–Kier alpha value is -3.22. The number of amides is 1. The Labute approximate surface area is 163 Å². The maximum atomic E-state index is 12.3. The van der Waals surface area contributed by atoms with Crippen molar-refractivity contribution in [1.82, 2.24) is 5.32 Å². The van der Waals surface area contributed by atoms with Gasteiger partial charge in [-0.05, 0) is 29.5 Å². The lowest BCUT2D eigenvalue weighted by Gasteiger charge is -2.23. The molecule has 2 rings (SSSR count). The van der Waals surface area contributed by atoms with E-state index in [9.17, 15) is 19.7 Å². The first-order chi connectivity index (χ1) is 13.3. The van der Waals surface area contributed by atoms with Gasteiger partial charge in [0.15, 0.2) is 6.61 Å². The number of nitrogens with one attached hydrogen (secondary N) is 1. The molecule has 0 radical (unpaired) electrons. The van der Waals surface area contributed by atoms with E-state index in [1.165, 1.54) is 23.8 Å². The monoisotopic (exact) mass is 384 g/mol. The molecule has 0 aliphatic carbocycles. The predicted molar refractivity (Wildman–Crippen MR) is 105 cm³/mol. The number of rotatable bonds is 8. The van der Waals surface area contributed by atoms with Crippen LogP contribution in [0.5, 0.6) is 0 Å². The third kappa shape index (κ3) is 5.64. The summed E-state index contributed by atoms with van der Waals surface area (Å²) in [5.41, 5.74) is 2.00. The van der Waals surface area contributed by atoms with Crippen LogP contribution in [0.4, 0.5) is 5.69 Å². The Morgan fingerprint density at radius 2 is 1.82 bits per heavy atom. The van der Waals surface area contributed by atoms with Crippen LogP contribution in [0.25, 0.3) is 0 Å². The molecule has 0 aromatic heterocycles. The van der Waals surface area contributed by atoms with Crippen LogP contribution in [0, 0.1) is 16.0 Å². The number of esters is 1. The van der Waals surface area contributed by atoms with Crippen molar-refractivity contribution in [2.75, 3.05) is 6.61 Å². The van der Waals surface area contributed by atoms with Crippen LogP contribution in [0.2, 0.25) is 0 Å². The van der Waals surface area contributed by atoms with Crippen molar-refractivity contribution in [2.45, 2.75) is 33.2 Å².